The highest BCUT2D eigenvalue weighted by molar-refractivity contribution is 5.97. The minimum absolute atomic E-state index is 0.0803. The zero-order chi connectivity index (χ0) is 20.7. The molecule has 2 aliphatic rings. The van der Waals surface area contributed by atoms with E-state index in [0.717, 1.165) is 35.2 Å². The third-order valence-corrected chi connectivity index (χ3v) is 6.09. The van der Waals surface area contributed by atoms with E-state index in [1.807, 2.05) is 59.2 Å². The molecule has 6 nitrogen and oxygen atoms in total. The van der Waals surface area contributed by atoms with Gasteiger partial charge >= 0.3 is 0 Å². The number of carbonyl (C=O) groups is 2. The third kappa shape index (κ3) is 3.48. The van der Waals surface area contributed by atoms with Crippen molar-refractivity contribution in [1.82, 2.24) is 9.80 Å². The largest absolute Gasteiger partial charge is 0.451 e. The topological polar surface area (TPSA) is 57.0 Å². The van der Waals surface area contributed by atoms with Crippen molar-refractivity contribution < 1.29 is 14.0 Å². The molecule has 6 heteroatoms. The molecule has 0 atom stereocenters. The summed E-state index contributed by atoms with van der Waals surface area (Å²) in [6.45, 7) is 5.73. The van der Waals surface area contributed by atoms with E-state index in [1.165, 1.54) is 5.56 Å². The highest BCUT2D eigenvalue weighted by atomic mass is 16.3. The van der Waals surface area contributed by atoms with Gasteiger partial charge in [-0.2, -0.15) is 0 Å². The molecule has 0 saturated carbocycles. The van der Waals surface area contributed by atoms with Crippen molar-refractivity contribution in [2.45, 2.75) is 13.3 Å². The molecule has 1 saturated heterocycles. The number of benzene rings is 2. The summed E-state index contributed by atoms with van der Waals surface area (Å²) in [6.07, 6.45) is 0.918. The fourth-order valence-corrected chi connectivity index (χ4v) is 4.41. The van der Waals surface area contributed by atoms with Crippen LogP contribution in [0.5, 0.6) is 0 Å². The molecule has 0 radical (unpaired) electrons. The molecule has 0 bridgehead atoms. The molecule has 1 fully saturated rings. The summed E-state index contributed by atoms with van der Waals surface area (Å²) in [6, 6.07) is 15.8. The molecule has 0 unspecified atom stereocenters. The quantitative estimate of drug-likeness (QED) is 0.674. The lowest BCUT2D eigenvalue weighted by molar-refractivity contribution is -0.120. The predicted octanol–water partition coefficient (Wildman–Crippen LogP) is 3.09. The minimum atomic E-state index is -0.0803. The van der Waals surface area contributed by atoms with Gasteiger partial charge in [0.1, 0.15) is 5.58 Å². The number of rotatable bonds is 3. The Morgan fingerprint density at radius 3 is 2.60 bits per heavy atom. The standard InChI is InChI=1S/C24H25N3O3/c1-17-6-7-21-19(14-17)15-22(30-21)24(29)26-12-10-25(11-13-26)16-23(28)27-9-8-18-4-2-3-5-20(18)27/h2-7,14-15H,8-13,16H2,1H3. The molecular formula is C24H25N3O3. The highest BCUT2D eigenvalue weighted by Gasteiger charge is 2.29. The molecule has 3 heterocycles. The van der Waals surface area contributed by atoms with Crippen molar-refractivity contribution in [1.29, 1.82) is 0 Å². The number of hydrogen-bond donors (Lipinski definition) is 0. The molecule has 1 aromatic heterocycles. The monoisotopic (exact) mass is 403 g/mol. The molecule has 30 heavy (non-hydrogen) atoms. The fraction of sp³-hybridized carbons (Fsp3) is 0.333. The predicted molar refractivity (Wildman–Crippen MR) is 116 cm³/mol. The Hall–Kier alpha value is -3.12. The fourth-order valence-electron chi connectivity index (χ4n) is 4.41. The number of piperazine rings is 1. The molecule has 3 aromatic rings. The van der Waals surface area contributed by atoms with Crippen LogP contribution in [0.1, 0.15) is 21.7 Å². The second-order valence-corrected chi connectivity index (χ2v) is 8.14. The van der Waals surface area contributed by atoms with Crippen LogP contribution in [0.15, 0.2) is 52.9 Å². The van der Waals surface area contributed by atoms with Crippen LogP contribution in [0.3, 0.4) is 0 Å². The number of aryl methyl sites for hydroxylation is 1. The number of anilines is 1. The summed E-state index contributed by atoms with van der Waals surface area (Å²) in [7, 11) is 0. The van der Waals surface area contributed by atoms with Gasteiger partial charge in [0.25, 0.3) is 5.91 Å². The highest BCUT2D eigenvalue weighted by Crippen LogP contribution is 2.27. The van der Waals surface area contributed by atoms with Gasteiger partial charge in [-0.25, -0.2) is 0 Å². The van der Waals surface area contributed by atoms with Crippen LogP contribution in [0.2, 0.25) is 0 Å². The molecule has 2 aromatic carbocycles. The number of fused-ring (bicyclic) bond motifs is 2. The van der Waals surface area contributed by atoms with Gasteiger partial charge in [0.2, 0.25) is 5.91 Å². The maximum Gasteiger partial charge on any atom is 0.289 e. The van der Waals surface area contributed by atoms with Crippen LogP contribution in [0, 0.1) is 6.92 Å². The van der Waals surface area contributed by atoms with Gasteiger partial charge < -0.3 is 14.2 Å². The van der Waals surface area contributed by atoms with Crippen molar-refractivity contribution in [3.63, 3.8) is 0 Å². The number of nitrogens with zero attached hydrogens (tertiary/aromatic N) is 3. The molecule has 2 aliphatic heterocycles. The van der Waals surface area contributed by atoms with Crippen LogP contribution < -0.4 is 4.90 Å². The minimum Gasteiger partial charge on any atom is -0.451 e. The van der Waals surface area contributed by atoms with Crippen LogP contribution >= 0.6 is 0 Å². The van der Waals surface area contributed by atoms with E-state index in [1.54, 1.807) is 0 Å². The summed E-state index contributed by atoms with van der Waals surface area (Å²) >= 11 is 0. The Bertz CT molecular complexity index is 1110. The van der Waals surface area contributed by atoms with Crippen molar-refractivity contribution >= 4 is 28.5 Å². The van der Waals surface area contributed by atoms with Crippen LogP contribution in [0.4, 0.5) is 5.69 Å². The summed E-state index contributed by atoms with van der Waals surface area (Å²) in [5.41, 5.74) is 4.15. The number of hydrogen-bond acceptors (Lipinski definition) is 4. The Kier molecular flexibility index (Phi) is 4.79. The van der Waals surface area contributed by atoms with E-state index in [2.05, 4.69) is 11.0 Å². The Morgan fingerprint density at radius 2 is 1.77 bits per heavy atom. The van der Waals surface area contributed by atoms with E-state index in [-0.39, 0.29) is 11.8 Å². The molecule has 2 amide bonds. The second-order valence-electron chi connectivity index (χ2n) is 8.14. The van der Waals surface area contributed by atoms with Gasteiger partial charge in [-0.05, 0) is 43.2 Å². The maximum atomic E-state index is 12.9. The van der Waals surface area contributed by atoms with Crippen LogP contribution in [-0.4, -0.2) is 60.9 Å². The van der Waals surface area contributed by atoms with Crippen molar-refractivity contribution in [2.75, 3.05) is 44.2 Å². The number of carbonyl (C=O) groups excluding carboxylic acids is 2. The Labute approximate surface area is 175 Å². The lowest BCUT2D eigenvalue weighted by Crippen LogP contribution is -2.51. The molecular weight excluding hydrogens is 378 g/mol. The average Bonchev–Trinajstić information content (AvgIpc) is 3.37. The lowest BCUT2D eigenvalue weighted by atomic mass is 10.2. The smallest absolute Gasteiger partial charge is 0.289 e. The first-order valence-corrected chi connectivity index (χ1v) is 10.5. The summed E-state index contributed by atoms with van der Waals surface area (Å²) in [5.74, 6) is 0.435. The average molecular weight is 403 g/mol. The molecule has 0 aliphatic carbocycles. The van der Waals surface area contributed by atoms with Gasteiger partial charge in [0, 0.05) is 43.8 Å². The molecule has 0 N–H and O–H groups in total. The van der Waals surface area contributed by atoms with Crippen molar-refractivity contribution in [2.24, 2.45) is 0 Å². The second kappa shape index (κ2) is 7.61. The number of para-hydroxylation sites is 1. The van der Waals surface area contributed by atoms with Gasteiger partial charge in [0.15, 0.2) is 5.76 Å². The van der Waals surface area contributed by atoms with Gasteiger partial charge in [-0.1, -0.05) is 29.8 Å². The maximum absolute atomic E-state index is 12.9. The van der Waals surface area contributed by atoms with E-state index >= 15 is 0 Å². The molecule has 5 rings (SSSR count). The zero-order valence-corrected chi connectivity index (χ0v) is 17.1. The SMILES string of the molecule is Cc1ccc2oc(C(=O)N3CCN(CC(=O)N4CCc5ccccc54)CC3)cc2c1. The molecule has 0 spiro atoms. The third-order valence-electron chi connectivity index (χ3n) is 6.09. The van der Waals surface area contributed by atoms with Crippen molar-refractivity contribution in [3.05, 3.63) is 65.4 Å². The summed E-state index contributed by atoms with van der Waals surface area (Å²) in [4.78, 5) is 31.5. The van der Waals surface area contributed by atoms with E-state index < -0.39 is 0 Å². The summed E-state index contributed by atoms with van der Waals surface area (Å²) in [5, 5.41) is 0.952. The Morgan fingerprint density at radius 1 is 0.967 bits per heavy atom. The summed E-state index contributed by atoms with van der Waals surface area (Å²) < 4.78 is 5.76. The first kappa shape index (κ1) is 18.9. The zero-order valence-electron chi connectivity index (χ0n) is 17.1. The number of amides is 2. The normalized spacial score (nSPS) is 16.8. The Balaban J connectivity index is 1.19. The van der Waals surface area contributed by atoms with E-state index in [4.69, 9.17) is 4.42 Å². The van der Waals surface area contributed by atoms with Gasteiger partial charge in [0.05, 0.1) is 6.54 Å². The van der Waals surface area contributed by atoms with E-state index in [0.29, 0.717) is 38.5 Å². The number of furan rings is 1. The van der Waals surface area contributed by atoms with Crippen LogP contribution in [-0.2, 0) is 11.2 Å². The van der Waals surface area contributed by atoms with Crippen LogP contribution in [0.25, 0.3) is 11.0 Å². The van der Waals surface area contributed by atoms with Gasteiger partial charge in [-0.3, -0.25) is 14.5 Å². The first-order valence-electron chi connectivity index (χ1n) is 10.5. The molecule has 154 valence electrons. The first-order chi connectivity index (χ1) is 14.6. The van der Waals surface area contributed by atoms with Gasteiger partial charge in [-0.15, -0.1) is 0 Å². The van der Waals surface area contributed by atoms with Crippen molar-refractivity contribution in [3.8, 4) is 0 Å². The van der Waals surface area contributed by atoms with E-state index in [9.17, 15) is 9.59 Å². The lowest BCUT2D eigenvalue weighted by Gasteiger charge is -2.34.